The van der Waals surface area contributed by atoms with Crippen molar-refractivity contribution in [3.8, 4) is 11.5 Å². The van der Waals surface area contributed by atoms with E-state index in [1.54, 1.807) is 48.9 Å². The van der Waals surface area contributed by atoms with Gasteiger partial charge in [0.15, 0.2) is 5.76 Å². The van der Waals surface area contributed by atoms with Crippen molar-refractivity contribution in [1.82, 2.24) is 24.6 Å². The van der Waals surface area contributed by atoms with Crippen LogP contribution in [0.15, 0.2) is 76.4 Å². The summed E-state index contributed by atoms with van der Waals surface area (Å²) in [6.07, 6.45) is 8.67. The quantitative estimate of drug-likeness (QED) is 0.329. The van der Waals surface area contributed by atoms with Crippen LogP contribution in [-0.2, 0) is 19.5 Å². The Kier molecular flexibility index (Phi) is 5.95. The van der Waals surface area contributed by atoms with Gasteiger partial charge >= 0.3 is 0 Å². The number of imidazole rings is 1. The molecule has 5 aromatic rings. The summed E-state index contributed by atoms with van der Waals surface area (Å²) < 4.78 is 13.0. The smallest absolute Gasteiger partial charge is 0.259 e. The van der Waals surface area contributed by atoms with E-state index in [0.29, 0.717) is 41.1 Å². The normalized spacial score (nSPS) is 11.2. The molecule has 8 nitrogen and oxygen atoms in total. The maximum absolute atomic E-state index is 13.6. The molecule has 0 radical (unpaired) electrons. The van der Waals surface area contributed by atoms with E-state index in [1.165, 1.54) is 5.56 Å². The lowest BCUT2D eigenvalue weighted by molar-refractivity contribution is 0.0787. The summed E-state index contributed by atoms with van der Waals surface area (Å²) in [6.45, 7) is 3.29. The zero-order valence-electron chi connectivity index (χ0n) is 19.1. The Morgan fingerprint density at radius 2 is 1.97 bits per heavy atom. The predicted molar refractivity (Wildman–Crippen MR) is 127 cm³/mol. The molecule has 0 N–H and O–H groups in total. The fourth-order valence-corrected chi connectivity index (χ4v) is 4.03. The van der Waals surface area contributed by atoms with Crippen molar-refractivity contribution >= 4 is 17.0 Å². The summed E-state index contributed by atoms with van der Waals surface area (Å²) >= 11 is 0. The summed E-state index contributed by atoms with van der Waals surface area (Å²) in [5.74, 6) is 0.448. The number of hydrogen-bond donors (Lipinski definition) is 0. The van der Waals surface area contributed by atoms with Crippen LogP contribution >= 0.6 is 0 Å². The van der Waals surface area contributed by atoms with Crippen LogP contribution in [0.2, 0.25) is 0 Å². The van der Waals surface area contributed by atoms with Crippen LogP contribution in [0, 0.1) is 0 Å². The lowest BCUT2D eigenvalue weighted by atomic mass is 10.0. The summed E-state index contributed by atoms with van der Waals surface area (Å²) in [4.78, 5) is 23.9. The fraction of sp³-hybridized carbons (Fsp3) is 0.231. The van der Waals surface area contributed by atoms with E-state index in [4.69, 9.17) is 8.94 Å². The average Bonchev–Trinajstić information content (AvgIpc) is 3.62. The minimum atomic E-state index is -0.122. The summed E-state index contributed by atoms with van der Waals surface area (Å²) in [5, 5.41) is 4.86. The maximum Gasteiger partial charge on any atom is 0.259 e. The number of aryl methyl sites for hydroxylation is 1. The first-order valence-electron chi connectivity index (χ1n) is 11.2. The van der Waals surface area contributed by atoms with Gasteiger partial charge in [-0.3, -0.25) is 4.79 Å². The van der Waals surface area contributed by atoms with Gasteiger partial charge in [0.1, 0.15) is 5.69 Å². The molecule has 0 aliphatic rings. The third-order valence-corrected chi connectivity index (χ3v) is 5.72. The Bertz CT molecular complexity index is 1390. The van der Waals surface area contributed by atoms with Crippen LogP contribution in [-0.4, -0.2) is 37.5 Å². The zero-order chi connectivity index (χ0) is 23.5. The second-order valence-corrected chi connectivity index (χ2v) is 8.30. The van der Waals surface area contributed by atoms with Gasteiger partial charge in [0.05, 0.1) is 29.2 Å². The molecular weight excluding hydrogens is 430 g/mol. The molecule has 0 saturated heterocycles. The molecule has 1 amide bonds. The first kappa shape index (κ1) is 21.6. The van der Waals surface area contributed by atoms with E-state index in [2.05, 4.69) is 34.2 Å². The molecule has 0 unspecified atom stereocenters. The van der Waals surface area contributed by atoms with Gasteiger partial charge in [-0.25, -0.2) is 9.97 Å². The third kappa shape index (κ3) is 4.34. The fourth-order valence-electron chi connectivity index (χ4n) is 4.03. The van der Waals surface area contributed by atoms with Crippen LogP contribution in [0.4, 0.5) is 0 Å². The van der Waals surface area contributed by atoms with Crippen molar-refractivity contribution in [3.63, 3.8) is 0 Å². The van der Waals surface area contributed by atoms with Gasteiger partial charge in [0.2, 0.25) is 0 Å². The van der Waals surface area contributed by atoms with Crippen LogP contribution in [0.25, 0.3) is 22.6 Å². The Hall–Kier alpha value is -4.20. The van der Waals surface area contributed by atoms with Crippen LogP contribution in [0.1, 0.15) is 40.5 Å². The second-order valence-electron chi connectivity index (χ2n) is 8.30. The summed E-state index contributed by atoms with van der Waals surface area (Å²) in [5.41, 5.74) is 4.36. The number of carbonyl (C=O) groups is 1. The monoisotopic (exact) mass is 455 g/mol. The van der Waals surface area contributed by atoms with Crippen LogP contribution in [0.3, 0.4) is 0 Å². The molecule has 8 heteroatoms. The van der Waals surface area contributed by atoms with Crippen molar-refractivity contribution < 1.29 is 13.7 Å². The Morgan fingerprint density at radius 1 is 1.15 bits per heavy atom. The van der Waals surface area contributed by atoms with Crippen molar-refractivity contribution in [2.45, 2.75) is 32.9 Å². The molecule has 0 atom stereocenters. The van der Waals surface area contributed by atoms with E-state index in [1.807, 2.05) is 22.9 Å². The zero-order valence-corrected chi connectivity index (χ0v) is 19.1. The average molecular weight is 456 g/mol. The minimum absolute atomic E-state index is 0.122. The Labute approximate surface area is 196 Å². The molecule has 172 valence electrons. The molecule has 0 aliphatic heterocycles. The maximum atomic E-state index is 13.6. The van der Waals surface area contributed by atoms with Crippen molar-refractivity contribution in [1.29, 1.82) is 0 Å². The lowest BCUT2D eigenvalue weighted by Crippen LogP contribution is -2.26. The third-order valence-electron chi connectivity index (χ3n) is 5.72. The second kappa shape index (κ2) is 9.35. The Morgan fingerprint density at radius 3 is 2.68 bits per heavy atom. The number of benzene rings is 1. The van der Waals surface area contributed by atoms with Crippen LogP contribution in [0.5, 0.6) is 0 Å². The topological polar surface area (TPSA) is 90.2 Å². The molecule has 0 aliphatic carbocycles. The van der Waals surface area contributed by atoms with E-state index in [9.17, 15) is 4.79 Å². The molecule has 1 aromatic carbocycles. The van der Waals surface area contributed by atoms with Gasteiger partial charge in [-0.05, 0) is 35.7 Å². The van der Waals surface area contributed by atoms with Crippen molar-refractivity contribution in [2.24, 2.45) is 0 Å². The number of carbonyl (C=O) groups excluding carboxylic acids is 1. The first-order valence-corrected chi connectivity index (χ1v) is 11.2. The van der Waals surface area contributed by atoms with Crippen LogP contribution < -0.4 is 0 Å². The number of pyridine rings is 1. The van der Waals surface area contributed by atoms with E-state index in [0.717, 1.165) is 24.2 Å². The summed E-state index contributed by atoms with van der Waals surface area (Å²) in [6, 6.07) is 13.6. The largest absolute Gasteiger partial charge is 0.463 e. The Balaban J connectivity index is 1.42. The van der Waals surface area contributed by atoms with E-state index < -0.39 is 0 Å². The summed E-state index contributed by atoms with van der Waals surface area (Å²) in [7, 11) is 1.80. The highest BCUT2D eigenvalue weighted by Crippen LogP contribution is 2.29. The SMILES string of the molecule is CCCc1noc2nc(-c3ccco3)cc(C(=O)N(C)Cc3ccc(Cn4ccnc4)cc3)c12. The van der Waals surface area contributed by atoms with Crippen molar-refractivity contribution in [2.75, 3.05) is 7.05 Å². The van der Waals surface area contributed by atoms with Gasteiger partial charge in [-0.1, -0.05) is 42.8 Å². The van der Waals surface area contributed by atoms with E-state index >= 15 is 0 Å². The predicted octanol–water partition coefficient (Wildman–Crippen LogP) is 4.95. The number of fused-ring (bicyclic) bond motifs is 1. The molecular formula is C26H25N5O3. The minimum Gasteiger partial charge on any atom is -0.463 e. The number of rotatable bonds is 8. The number of hydrogen-bond acceptors (Lipinski definition) is 6. The number of furan rings is 1. The number of nitrogens with zero attached hydrogens (tertiary/aromatic N) is 5. The lowest BCUT2D eigenvalue weighted by Gasteiger charge is -2.18. The number of amides is 1. The van der Waals surface area contributed by atoms with Gasteiger partial charge in [-0.15, -0.1) is 0 Å². The van der Waals surface area contributed by atoms with Crippen molar-refractivity contribution in [3.05, 3.63) is 89.8 Å². The molecule has 0 spiro atoms. The van der Waals surface area contributed by atoms with Gasteiger partial charge in [-0.2, -0.15) is 0 Å². The highest BCUT2D eigenvalue weighted by molar-refractivity contribution is 6.06. The highest BCUT2D eigenvalue weighted by atomic mass is 16.5. The van der Waals surface area contributed by atoms with Gasteiger partial charge < -0.3 is 18.4 Å². The molecule has 5 rings (SSSR count). The highest BCUT2D eigenvalue weighted by Gasteiger charge is 2.23. The molecule has 0 bridgehead atoms. The van der Waals surface area contributed by atoms with Gasteiger partial charge in [0, 0.05) is 32.5 Å². The molecule has 4 aromatic heterocycles. The number of aromatic nitrogens is 4. The van der Waals surface area contributed by atoms with Gasteiger partial charge in [0.25, 0.3) is 11.6 Å². The standard InChI is InChI=1S/C26H25N5O3/c1-3-5-21-24-20(14-22(23-6-4-13-33-23)28-25(24)34-29-21)26(32)30(2)15-18-7-9-19(10-8-18)16-31-12-11-27-17-31/h4,6-14,17H,3,5,15-16H2,1-2H3. The first-order chi connectivity index (χ1) is 16.6. The van der Waals surface area contributed by atoms with E-state index in [-0.39, 0.29) is 5.91 Å². The molecule has 34 heavy (non-hydrogen) atoms. The molecule has 4 heterocycles. The molecule has 0 fully saturated rings. The molecule has 0 saturated carbocycles.